The predicted molar refractivity (Wildman–Crippen MR) is 103 cm³/mol. The number of anilines is 1. The van der Waals surface area contributed by atoms with Crippen LogP contribution < -0.4 is 21.5 Å². The van der Waals surface area contributed by atoms with Crippen LogP contribution in [0.5, 0.6) is 5.75 Å². The molecular weight excluding hydrogens is 402 g/mol. The van der Waals surface area contributed by atoms with Gasteiger partial charge in [0.1, 0.15) is 5.75 Å². The van der Waals surface area contributed by atoms with E-state index >= 15 is 0 Å². The van der Waals surface area contributed by atoms with E-state index in [1.54, 1.807) is 24.3 Å². The van der Waals surface area contributed by atoms with Crippen LogP contribution in [0.25, 0.3) is 0 Å². The van der Waals surface area contributed by atoms with Gasteiger partial charge in [0.25, 0.3) is 5.91 Å². The minimum Gasteiger partial charge on any atom is -0.497 e. The van der Waals surface area contributed by atoms with E-state index in [4.69, 9.17) is 16.2 Å². The van der Waals surface area contributed by atoms with E-state index in [9.17, 15) is 27.9 Å². The van der Waals surface area contributed by atoms with Crippen LogP contribution in [0.15, 0.2) is 53.4 Å². The van der Waals surface area contributed by atoms with E-state index in [2.05, 4.69) is 5.32 Å². The highest BCUT2D eigenvalue weighted by atomic mass is 32.2. The second kappa shape index (κ2) is 8.29. The van der Waals surface area contributed by atoms with E-state index in [0.29, 0.717) is 11.3 Å². The smallest absolute Gasteiger partial charge is 0.340 e. The Bertz CT molecular complexity index is 1030. The third-order valence-electron chi connectivity index (χ3n) is 4.05. The van der Waals surface area contributed by atoms with Crippen molar-refractivity contribution in [1.29, 1.82) is 0 Å². The number of benzene rings is 2. The van der Waals surface area contributed by atoms with Gasteiger partial charge in [-0.25, -0.2) is 13.2 Å². The summed E-state index contributed by atoms with van der Waals surface area (Å²) in [6, 6.07) is 11.0. The van der Waals surface area contributed by atoms with E-state index < -0.39 is 43.8 Å². The Kier molecular flexibility index (Phi) is 6.25. The van der Waals surface area contributed by atoms with Crippen LogP contribution in [-0.2, 0) is 19.4 Å². The molecule has 2 aromatic rings. The van der Waals surface area contributed by atoms with Gasteiger partial charge >= 0.3 is 5.97 Å². The van der Waals surface area contributed by atoms with Gasteiger partial charge in [-0.1, -0.05) is 0 Å². The second-order valence-corrected chi connectivity index (χ2v) is 8.25. The van der Waals surface area contributed by atoms with Crippen molar-refractivity contribution in [3.8, 4) is 5.75 Å². The minimum atomic E-state index is -4.65. The highest BCUT2D eigenvalue weighted by molar-refractivity contribution is 7.93. The van der Waals surface area contributed by atoms with Crippen molar-refractivity contribution >= 4 is 33.3 Å². The molecule has 0 fully saturated rings. The maximum absolute atomic E-state index is 12.6. The molecule has 0 heterocycles. The van der Waals surface area contributed by atoms with Crippen molar-refractivity contribution in [1.82, 2.24) is 0 Å². The second-order valence-electron chi connectivity index (χ2n) is 6.05. The Morgan fingerprint density at radius 3 is 2.07 bits per heavy atom. The minimum absolute atomic E-state index is 0.262. The van der Waals surface area contributed by atoms with Crippen molar-refractivity contribution in [3.05, 3.63) is 54.1 Å². The van der Waals surface area contributed by atoms with Crippen LogP contribution in [0, 0.1) is 0 Å². The SMILES string of the molecule is COc1ccc(C(=O)Nc2ccc(S(=O)(=O)[C@@](N)(CC(N)=O)C(=O)O)cc2)cc1. The summed E-state index contributed by atoms with van der Waals surface area (Å²) in [6.07, 6.45) is -1.10. The zero-order chi connectivity index (χ0) is 21.8. The number of primary amides is 1. The molecule has 0 bridgehead atoms. The average molecular weight is 421 g/mol. The Labute approximate surface area is 166 Å². The van der Waals surface area contributed by atoms with Gasteiger partial charge in [0.2, 0.25) is 20.6 Å². The third kappa shape index (κ3) is 4.52. The molecule has 0 saturated carbocycles. The number of carboxylic acid groups (broad SMARTS) is 1. The summed E-state index contributed by atoms with van der Waals surface area (Å²) in [4.78, 5) is 31.4. The molecule has 2 rings (SSSR count). The summed E-state index contributed by atoms with van der Waals surface area (Å²) in [5.74, 6) is -2.96. The number of methoxy groups -OCH3 is 1. The van der Waals surface area contributed by atoms with Crippen LogP contribution >= 0.6 is 0 Å². The first-order valence-corrected chi connectivity index (χ1v) is 9.60. The lowest BCUT2D eigenvalue weighted by Crippen LogP contribution is -2.56. The standard InChI is InChI=1S/C18H19N3O7S/c1-28-13-6-2-11(3-7-13)16(23)21-12-4-8-14(9-5-12)29(26,27)18(20,17(24)25)10-15(19)22/h2-9H,10,20H2,1H3,(H2,19,22)(H,21,23)(H,24,25)/t18-/m0/s1. The van der Waals surface area contributed by atoms with Gasteiger partial charge in [-0.15, -0.1) is 0 Å². The summed E-state index contributed by atoms with van der Waals surface area (Å²) in [5, 5.41) is 11.8. The summed E-state index contributed by atoms with van der Waals surface area (Å²) in [5.41, 5.74) is 11.0. The van der Waals surface area contributed by atoms with E-state index in [1.807, 2.05) is 0 Å². The fraction of sp³-hybridized carbons (Fsp3) is 0.167. The van der Waals surface area contributed by atoms with Crippen LogP contribution in [0.2, 0.25) is 0 Å². The molecule has 0 aromatic heterocycles. The summed E-state index contributed by atoms with van der Waals surface area (Å²) in [7, 11) is -3.15. The molecule has 0 radical (unpaired) electrons. The lowest BCUT2D eigenvalue weighted by molar-refractivity contribution is -0.141. The normalized spacial score (nSPS) is 13.2. The fourth-order valence-corrected chi connectivity index (χ4v) is 3.89. The molecule has 11 heteroatoms. The molecule has 154 valence electrons. The topological polar surface area (TPSA) is 179 Å². The molecule has 29 heavy (non-hydrogen) atoms. The van der Waals surface area contributed by atoms with Crippen LogP contribution in [0.1, 0.15) is 16.8 Å². The zero-order valence-corrected chi connectivity index (χ0v) is 16.1. The molecule has 2 aromatic carbocycles. The van der Waals surface area contributed by atoms with E-state index in [1.165, 1.54) is 19.2 Å². The van der Waals surface area contributed by atoms with Gasteiger partial charge in [0.15, 0.2) is 0 Å². The molecule has 0 aliphatic carbocycles. The van der Waals surface area contributed by atoms with Gasteiger partial charge in [0, 0.05) is 11.3 Å². The first-order chi connectivity index (χ1) is 13.5. The average Bonchev–Trinajstić information content (AvgIpc) is 2.67. The molecule has 1 atom stereocenters. The molecule has 0 aliphatic rings. The van der Waals surface area contributed by atoms with E-state index in [0.717, 1.165) is 12.1 Å². The Balaban J connectivity index is 2.25. The predicted octanol–water partition coefficient (Wildman–Crippen LogP) is 0.336. The van der Waals surface area contributed by atoms with Gasteiger partial charge in [-0.3, -0.25) is 9.59 Å². The van der Waals surface area contributed by atoms with Crippen molar-refractivity contribution in [2.24, 2.45) is 11.5 Å². The summed E-state index contributed by atoms with van der Waals surface area (Å²) in [6.45, 7) is 0. The number of hydrogen-bond donors (Lipinski definition) is 4. The number of aliphatic carboxylic acids is 1. The first kappa shape index (κ1) is 21.9. The number of ether oxygens (including phenoxy) is 1. The fourth-order valence-electron chi connectivity index (χ4n) is 2.42. The van der Waals surface area contributed by atoms with Crippen molar-refractivity contribution in [2.45, 2.75) is 16.2 Å². The Hall–Kier alpha value is -3.44. The number of nitrogens with two attached hydrogens (primary N) is 2. The number of rotatable bonds is 8. The van der Waals surface area contributed by atoms with Crippen molar-refractivity contribution in [3.63, 3.8) is 0 Å². The van der Waals surface area contributed by atoms with Gasteiger partial charge in [-0.2, -0.15) is 0 Å². The Morgan fingerprint density at radius 1 is 1.07 bits per heavy atom. The number of sulfone groups is 1. The number of nitrogens with one attached hydrogen (secondary N) is 1. The number of carbonyl (C=O) groups is 3. The molecule has 0 saturated heterocycles. The number of amides is 2. The molecule has 0 spiro atoms. The van der Waals surface area contributed by atoms with Crippen LogP contribution in [-0.4, -0.2) is 43.3 Å². The van der Waals surface area contributed by atoms with Crippen molar-refractivity contribution in [2.75, 3.05) is 12.4 Å². The Morgan fingerprint density at radius 2 is 1.62 bits per heavy atom. The maximum atomic E-state index is 12.6. The lowest BCUT2D eigenvalue weighted by atomic mass is 10.2. The molecule has 2 amide bonds. The number of hydrogen-bond acceptors (Lipinski definition) is 7. The monoisotopic (exact) mass is 421 g/mol. The molecule has 10 nitrogen and oxygen atoms in total. The van der Waals surface area contributed by atoms with Gasteiger partial charge in [-0.05, 0) is 48.5 Å². The molecule has 6 N–H and O–H groups in total. The summed E-state index contributed by atoms with van der Waals surface area (Å²) < 4.78 is 30.3. The molecule has 0 aliphatic heterocycles. The van der Waals surface area contributed by atoms with Crippen LogP contribution in [0.3, 0.4) is 0 Å². The lowest BCUT2D eigenvalue weighted by Gasteiger charge is -2.23. The van der Waals surface area contributed by atoms with Gasteiger partial charge in [0.05, 0.1) is 18.4 Å². The van der Waals surface area contributed by atoms with Gasteiger partial charge < -0.3 is 26.6 Å². The number of carboxylic acids is 1. The van der Waals surface area contributed by atoms with Crippen LogP contribution in [0.4, 0.5) is 5.69 Å². The van der Waals surface area contributed by atoms with E-state index in [-0.39, 0.29) is 5.69 Å². The highest BCUT2D eigenvalue weighted by Gasteiger charge is 2.49. The third-order valence-corrected chi connectivity index (χ3v) is 6.22. The number of carbonyl (C=O) groups excluding carboxylic acids is 2. The quantitative estimate of drug-likeness (QED) is 0.471. The molecule has 0 unspecified atom stereocenters. The zero-order valence-electron chi connectivity index (χ0n) is 15.3. The maximum Gasteiger partial charge on any atom is 0.340 e. The molecular formula is C18H19N3O7S. The first-order valence-electron chi connectivity index (χ1n) is 8.12. The summed E-state index contributed by atoms with van der Waals surface area (Å²) >= 11 is 0. The highest BCUT2D eigenvalue weighted by Crippen LogP contribution is 2.26. The largest absolute Gasteiger partial charge is 0.497 e. The van der Waals surface area contributed by atoms with Crippen molar-refractivity contribution < 1.29 is 32.6 Å².